The Morgan fingerprint density at radius 3 is 1.85 bits per heavy atom. The van der Waals surface area contributed by atoms with Crippen LogP contribution in [-0.2, 0) is 19.2 Å². The first-order valence-electron chi connectivity index (χ1n) is 9.80. The van der Waals surface area contributed by atoms with E-state index in [0.717, 1.165) is 0 Å². The molecule has 0 atom stereocenters. The second-order valence-electron chi connectivity index (χ2n) is 6.83. The molecule has 2 aromatic carbocycles. The molecule has 174 valence electrons. The third-order valence-corrected chi connectivity index (χ3v) is 4.31. The highest BCUT2D eigenvalue weighted by molar-refractivity contribution is 6.07. The number of ether oxygens (including phenoxy) is 1. The number of hydrogen-bond donors (Lipinski definition) is 5. The van der Waals surface area contributed by atoms with Gasteiger partial charge in [0.15, 0.2) is 0 Å². The van der Waals surface area contributed by atoms with Gasteiger partial charge in [-0.05, 0) is 36.4 Å². The number of carbonyl (C=O) groups excluding carboxylic acids is 3. The summed E-state index contributed by atoms with van der Waals surface area (Å²) in [6.07, 6.45) is -1.03. The van der Waals surface area contributed by atoms with Crippen molar-refractivity contribution in [2.45, 2.75) is 25.7 Å². The summed E-state index contributed by atoms with van der Waals surface area (Å²) in [6.45, 7) is 0. The zero-order chi connectivity index (χ0) is 24.4. The normalized spacial score (nSPS) is 10.1. The van der Waals surface area contributed by atoms with Crippen LogP contribution in [0.25, 0.3) is 0 Å². The van der Waals surface area contributed by atoms with Gasteiger partial charge in [-0.15, -0.1) is 0 Å². The van der Waals surface area contributed by atoms with E-state index in [1.165, 1.54) is 43.5 Å². The van der Waals surface area contributed by atoms with Crippen molar-refractivity contribution in [3.05, 3.63) is 48.0 Å². The van der Waals surface area contributed by atoms with Crippen LogP contribution in [0.3, 0.4) is 0 Å². The van der Waals surface area contributed by atoms with Gasteiger partial charge < -0.3 is 30.9 Å². The van der Waals surface area contributed by atoms with E-state index in [9.17, 15) is 24.0 Å². The minimum atomic E-state index is -1.11. The average Bonchev–Trinajstić information content (AvgIpc) is 2.77. The molecule has 0 saturated carbocycles. The van der Waals surface area contributed by atoms with Gasteiger partial charge in [0.1, 0.15) is 5.75 Å². The van der Waals surface area contributed by atoms with Gasteiger partial charge >= 0.3 is 11.9 Å². The third-order valence-electron chi connectivity index (χ3n) is 4.31. The van der Waals surface area contributed by atoms with Gasteiger partial charge in [0.25, 0.3) is 5.91 Å². The fraction of sp³-hybridized carbons (Fsp3) is 0.227. The number of rotatable bonds is 11. The number of carbonyl (C=O) groups is 5. The average molecular weight is 457 g/mol. The Morgan fingerprint density at radius 1 is 0.727 bits per heavy atom. The quantitative estimate of drug-likeness (QED) is 0.342. The summed E-state index contributed by atoms with van der Waals surface area (Å²) in [6, 6.07) is 10.5. The fourth-order valence-electron chi connectivity index (χ4n) is 2.64. The Labute approximate surface area is 188 Å². The van der Waals surface area contributed by atoms with Gasteiger partial charge in [-0.1, -0.05) is 0 Å². The summed E-state index contributed by atoms with van der Waals surface area (Å²) in [5.41, 5.74) is 1.17. The lowest BCUT2D eigenvalue weighted by molar-refractivity contribution is -0.138. The van der Waals surface area contributed by atoms with Gasteiger partial charge in [-0.25, -0.2) is 0 Å². The summed E-state index contributed by atoms with van der Waals surface area (Å²) < 4.78 is 5.13. The molecule has 0 bridgehead atoms. The molecule has 0 unspecified atom stereocenters. The zero-order valence-corrected chi connectivity index (χ0v) is 17.7. The predicted octanol–water partition coefficient (Wildman–Crippen LogP) is 2.55. The standard InChI is InChI=1S/C22H23N3O8/c1-33-15-6-7-16(17(12-15)24-19(27)9-11-21(30)31)25-22(32)13-2-4-14(5-3-13)23-18(26)8-10-20(28)29/h2-7,12H,8-11H2,1H3,(H,23,26)(H,24,27)(H,25,32)(H,28,29)(H,30,31). The molecule has 0 radical (unpaired) electrons. The molecule has 0 saturated heterocycles. The van der Waals surface area contributed by atoms with Crippen LogP contribution in [0.1, 0.15) is 36.0 Å². The minimum Gasteiger partial charge on any atom is -0.497 e. The maximum atomic E-state index is 12.6. The molecule has 5 N–H and O–H groups in total. The summed E-state index contributed by atoms with van der Waals surface area (Å²) in [4.78, 5) is 57.6. The Kier molecular flexibility index (Phi) is 8.92. The highest BCUT2D eigenvalue weighted by Crippen LogP contribution is 2.28. The molecule has 2 rings (SSSR count). The molecule has 0 spiro atoms. The molecular weight excluding hydrogens is 434 g/mol. The van der Waals surface area contributed by atoms with E-state index in [-0.39, 0.29) is 42.6 Å². The van der Waals surface area contributed by atoms with E-state index in [1.807, 2.05) is 0 Å². The number of benzene rings is 2. The van der Waals surface area contributed by atoms with E-state index in [1.54, 1.807) is 6.07 Å². The smallest absolute Gasteiger partial charge is 0.303 e. The largest absolute Gasteiger partial charge is 0.497 e. The van der Waals surface area contributed by atoms with Gasteiger partial charge in [0.05, 0.1) is 31.3 Å². The number of carboxylic acids is 2. The molecule has 0 heterocycles. The summed E-state index contributed by atoms with van der Waals surface area (Å²) in [5, 5.41) is 25.1. The van der Waals surface area contributed by atoms with Crippen LogP contribution in [0.2, 0.25) is 0 Å². The predicted molar refractivity (Wildman–Crippen MR) is 118 cm³/mol. The summed E-state index contributed by atoms with van der Waals surface area (Å²) in [7, 11) is 1.44. The first-order valence-corrected chi connectivity index (χ1v) is 9.80. The lowest BCUT2D eigenvalue weighted by atomic mass is 10.1. The fourth-order valence-corrected chi connectivity index (χ4v) is 2.64. The molecule has 11 nitrogen and oxygen atoms in total. The highest BCUT2D eigenvalue weighted by atomic mass is 16.5. The van der Waals surface area contributed by atoms with E-state index >= 15 is 0 Å². The molecule has 0 aliphatic heterocycles. The second-order valence-corrected chi connectivity index (χ2v) is 6.83. The molecule has 0 aliphatic carbocycles. The van der Waals surface area contributed by atoms with Crippen LogP contribution < -0.4 is 20.7 Å². The van der Waals surface area contributed by atoms with Crippen molar-refractivity contribution < 1.29 is 38.9 Å². The topological polar surface area (TPSA) is 171 Å². The van der Waals surface area contributed by atoms with Gasteiger partial charge in [0, 0.05) is 30.2 Å². The van der Waals surface area contributed by atoms with Crippen molar-refractivity contribution in [3.8, 4) is 5.75 Å². The summed E-state index contributed by atoms with van der Waals surface area (Å²) in [5.74, 6) is -3.26. The summed E-state index contributed by atoms with van der Waals surface area (Å²) >= 11 is 0. The number of aliphatic carboxylic acids is 2. The number of anilines is 3. The molecule has 2 aromatic rings. The van der Waals surface area contributed by atoms with Crippen LogP contribution in [0.4, 0.5) is 17.1 Å². The van der Waals surface area contributed by atoms with Crippen molar-refractivity contribution in [1.82, 2.24) is 0 Å². The van der Waals surface area contributed by atoms with Crippen LogP contribution in [-0.4, -0.2) is 47.0 Å². The number of methoxy groups -OCH3 is 1. The number of hydrogen-bond acceptors (Lipinski definition) is 6. The third kappa shape index (κ3) is 8.32. The van der Waals surface area contributed by atoms with E-state index in [4.69, 9.17) is 14.9 Å². The van der Waals surface area contributed by atoms with E-state index in [0.29, 0.717) is 11.4 Å². The first kappa shape index (κ1) is 24.9. The Balaban J connectivity index is 2.07. The van der Waals surface area contributed by atoms with Crippen molar-refractivity contribution in [1.29, 1.82) is 0 Å². The molecule has 0 fully saturated rings. The van der Waals surface area contributed by atoms with Crippen LogP contribution in [0.5, 0.6) is 5.75 Å². The SMILES string of the molecule is COc1ccc(NC(=O)c2ccc(NC(=O)CCC(=O)O)cc2)c(NC(=O)CCC(=O)O)c1. The minimum absolute atomic E-state index is 0.171. The monoisotopic (exact) mass is 457 g/mol. The van der Waals surface area contributed by atoms with Crippen LogP contribution >= 0.6 is 0 Å². The van der Waals surface area contributed by atoms with E-state index in [2.05, 4.69) is 16.0 Å². The number of nitrogens with one attached hydrogen (secondary N) is 3. The maximum absolute atomic E-state index is 12.6. The Bertz CT molecular complexity index is 1050. The molecule has 0 aromatic heterocycles. The number of carboxylic acid groups (broad SMARTS) is 2. The van der Waals surface area contributed by atoms with Gasteiger partial charge in [-0.3, -0.25) is 24.0 Å². The molecule has 3 amide bonds. The van der Waals surface area contributed by atoms with Gasteiger partial charge in [-0.2, -0.15) is 0 Å². The zero-order valence-electron chi connectivity index (χ0n) is 17.7. The first-order chi connectivity index (χ1) is 15.7. The van der Waals surface area contributed by atoms with Crippen LogP contribution in [0.15, 0.2) is 42.5 Å². The van der Waals surface area contributed by atoms with Crippen molar-refractivity contribution in [3.63, 3.8) is 0 Å². The van der Waals surface area contributed by atoms with Crippen molar-refractivity contribution in [2.24, 2.45) is 0 Å². The van der Waals surface area contributed by atoms with Crippen molar-refractivity contribution >= 4 is 46.7 Å². The Hall–Kier alpha value is -4.41. The molecular formula is C22H23N3O8. The van der Waals surface area contributed by atoms with Gasteiger partial charge in [0.2, 0.25) is 11.8 Å². The highest BCUT2D eigenvalue weighted by Gasteiger charge is 2.14. The lowest BCUT2D eigenvalue weighted by Crippen LogP contribution is -2.17. The molecule has 0 aliphatic rings. The second kappa shape index (κ2) is 11.8. The molecule has 33 heavy (non-hydrogen) atoms. The molecule has 11 heteroatoms. The number of amides is 3. The van der Waals surface area contributed by atoms with E-state index < -0.39 is 29.7 Å². The maximum Gasteiger partial charge on any atom is 0.303 e. The Morgan fingerprint density at radius 2 is 1.30 bits per heavy atom. The van der Waals surface area contributed by atoms with Crippen LogP contribution in [0, 0.1) is 0 Å². The lowest BCUT2D eigenvalue weighted by Gasteiger charge is -2.14. The van der Waals surface area contributed by atoms with Crippen molar-refractivity contribution in [2.75, 3.05) is 23.1 Å².